The number of aromatic nitrogens is 1. The first-order chi connectivity index (χ1) is 8.05. The molecule has 1 aliphatic carbocycles. The molecule has 3 N–H and O–H groups in total. The second kappa shape index (κ2) is 5.57. The molecule has 1 aromatic heterocycles. The van der Waals surface area contributed by atoms with Crippen LogP contribution in [0, 0.1) is 11.3 Å². The summed E-state index contributed by atoms with van der Waals surface area (Å²) in [6.45, 7) is 5.15. The Morgan fingerprint density at radius 1 is 1.56 bits per heavy atom. The number of carbonyl (C=O) groups excluding carboxylic acids is 1. The summed E-state index contributed by atoms with van der Waals surface area (Å²) in [6, 6.07) is 1.64. The number of hydrogen-bond donors (Lipinski definition) is 2. The predicted octanol–water partition coefficient (Wildman–Crippen LogP) is 2.25. The van der Waals surface area contributed by atoms with Gasteiger partial charge in [-0.1, -0.05) is 13.8 Å². The summed E-state index contributed by atoms with van der Waals surface area (Å²) in [5.74, 6) is 0.483. The molecule has 0 aromatic carbocycles. The zero-order chi connectivity index (χ0) is 12.5. The van der Waals surface area contributed by atoms with Gasteiger partial charge in [-0.15, -0.1) is 12.4 Å². The molecule has 1 fully saturated rings. The lowest BCUT2D eigenvalue weighted by atomic mass is 9.92. The third-order valence-electron chi connectivity index (χ3n) is 3.82. The first-order valence-corrected chi connectivity index (χ1v) is 6.03. The lowest BCUT2D eigenvalue weighted by molar-refractivity contribution is 0.0940. The van der Waals surface area contributed by atoms with Crippen molar-refractivity contribution >= 4 is 24.0 Å². The molecule has 1 heterocycles. The highest BCUT2D eigenvalue weighted by Gasteiger charge is 2.45. The largest absolute Gasteiger partial charge is 0.398 e. The fraction of sp³-hybridized carbons (Fsp3) is 0.538. The summed E-state index contributed by atoms with van der Waals surface area (Å²) in [4.78, 5) is 15.9. The van der Waals surface area contributed by atoms with Crippen molar-refractivity contribution in [3.8, 4) is 0 Å². The van der Waals surface area contributed by atoms with E-state index in [0.29, 0.717) is 22.6 Å². The fourth-order valence-electron chi connectivity index (χ4n) is 2.07. The average Bonchev–Trinajstić information content (AvgIpc) is 3.07. The Labute approximate surface area is 114 Å². The van der Waals surface area contributed by atoms with Crippen molar-refractivity contribution in [1.29, 1.82) is 0 Å². The molecule has 0 aliphatic heterocycles. The SMILES string of the molecule is CC(C)C1(CNC(=O)c2cnccc2N)CC1.Cl. The van der Waals surface area contributed by atoms with Crippen LogP contribution < -0.4 is 11.1 Å². The molecular weight excluding hydrogens is 250 g/mol. The number of hydrogen-bond acceptors (Lipinski definition) is 3. The molecule has 100 valence electrons. The summed E-state index contributed by atoms with van der Waals surface area (Å²) >= 11 is 0. The molecular formula is C13H20ClN3O. The second-order valence-corrected chi connectivity index (χ2v) is 5.16. The molecule has 0 saturated heterocycles. The van der Waals surface area contributed by atoms with Crippen LogP contribution in [0.1, 0.15) is 37.0 Å². The first-order valence-electron chi connectivity index (χ1n) is 6.03. The van der Waals surface area contributed by atoms with E-state index in [-0.39, 0.29) is 18.3 Å². The average molecular weight is 270 g/mol. The highest BCUT2D eigenvalue weighted by atomic mass is 35.5. The van der Waals surface area contributed by atoms with Crippen molar-refractivity contribution < 1.29 is 4.79 Å². The van der Waals surface area contributed by atoms with Crippen LogP contribution in [0.4, 0.5) is 5.69 Å². The van der Waals surface area contributed by atoms with E-state index in [4.69, 9.17) is 5.73 Å². The molecule has 4 nitrogen and oxygen atoms in total. The quantitative estimate of drug-likeness (QED) is 0.881. The number of halogens is 1. The molecule has 0 bridgehead atoms. The first kappa shape index (κ1) is 14.8. The molecule has 5 heteroatoms. The number of nitrogens with zero attached hydrogens (tertiary/aromatic N) is 1. The Kier molecular flexibility index (Phi) is 4.57. The van der Waals surface area contributed by atoms with Gasteiger partial charge >= 0.3 is 0 Å². The molecule has 1 aliphatic rings. The maximum atomic E-state index is 11.9. The van der Waals surface area contributed by atoms with Crippen molar-refractivity contribution in [2.45, 2.75) is 26.7 Å². The molecule has 0 atom stereocenters. The number of amides is 1. The Morgan fingerprint density at radius 2 is 2.22 bits per heavy atom. The monoisotopic (exact) mass is 269 g/mol. The Balaban J connectivity index is 0.00000162. The summed E-state index contributed by atoms with van der Waals surface area (Å²) in [5, 5.41) is 2.96. The van der Waals surface area contributed by atoms with Crippen molar-refractivity contribution in [3.63, 3.8) is 0 Å². The van der Waals surface area contributed by atoms with E-state index in [0.717, 1.165) is 6.54 Å². The van der Waals surface area contributed by atoms with Crippen LogP contribution in [0.3, 0.4) is 0 Å². The highest BCUT2D eigenvalue weighted by Crippen LogP contribution is 2.51. The smallest absolute Gasteiger partial charge is 0.254 e. The molecule has 2 rings (SSSR count). The summed E-state index contributed by atoms with van der Waals surface area (Å²) in [7, 11) is 0. The van der Waals surface area contributed by atoms with Gasteiger partial charge in [0.25, 0.3) is 5.91 Å². The maximum Gasteiger partial charge on any atom is 0.254 e. The van der Waals surface area contributed by atoms with E-state index in [1.165, 1.54) is 19.0 Å². The van der Waals surface area contributed by atoms with Crippen molar-refractivity contribution in [1.82, 2.24) is 10.3 Å². The van der Waals surface area contributed by atoms with Crippen LogP contribution in [0.5, 0.6) is 0 Å². The lowest BCUT2D eigenvalue weighted by Crippen LogP contribution is -2.33. The number of carbonyl (C=O) groups is 1. The zero-order valence-electron chi connectivity index (χ0n) is 10.8. The molecule has 0 radical (unpaired) electrons. The van der Waals surface area contributed by atoms with E-state index < -0.39 is 0 Å². The summed E-state index contributed by atoms with van der Waals surface area (Å²) < 4.78 is 0. The number of nitrogens with two attached hydrogens (primary N) is 1. The van der Waals surface area contributed by atoms with Crippen LogP contribution in [-0.4, -0.2) is 17.4 Å². The molecule has 1 saturated carbocycles. The van der Waals surface area contributed by atoms with Gasteiger partial charge in [-0.05, 0) is 30.2 Å². The third-order valence-corrected chi connectivity index (χ3v) is 3.82. The normalized spacial score (nSPS) is 15.9. The number of nitrogens with one attached hydrogen (secondary N) is 1. The van der Waals surface area contributed by atoms with Gasteiger partial charge in [0.2, 0.25) is 0 Å². The van der Waals surface area contributed by atoms with Crippen LogP contribution in [0.25, 0.3) is 0 Å². The van der Waals surface area contributed by atoms with Gasteiger partial charge in [-0.25, -0.2) is 0 Å². The summed E-state index contributed by atoms with van der Waals surface area (Å²) in [5.41, 5.74) is 6.99. The fourth-order valence-corrected chi connectivity index (χ4v) is 2.07. The lowest BCUT2D eigenvalue weighted by Gasteiger charge is -2.20. The standard InChI is InChI=1S/C13H19N3O.ClH/c1-9(2)13(4-5-13)8-16-12(17)10-7-15-6-3-11(10)14;/h3,6-7,9H,4-5,8H2,1-2H3,(H2,14,15)(H,16,17);1H. The van der Waals surface area contributed by atoms with E-state index in [1.807, 2.05) is 0 Å². The maximum absolute atomic E-state index is 11.9. The Morgan fingerprint density at radius 3 is 2.72 bits per heavy atom. The van der Waals surface area contributed by atoms with E-state index in [2.05, 4.69) is 24.1 Å². The summed E-state index contributed by atoms with van der Waals surface area (Å²) in [6.07, 6.45) is 5.50. The van der Waals surface area contributed by atoms with E-state index >= 15 is 0 Å². The third kappa shape index (κ3) is 2.93. The highest BCUT2D eigenvalue weighted by molar-refractivity contribution is 5.98. The Hall–Kier alpha value is -1.29. The van der Waals surface area contributed by atoms with Gasteiger partial charge in [0.05, 0.1) is 5.56 Å². The zero-order valence-corrected chi connectivity index (χ0v) is 11.6. The Bertz CT molecular complexity index is 430. The van der Waals surface area contributed by atoms with Gasteiger partial charge in [0.1, 0.15) is 0 Å². The van der Waals surface area contributed by atoms with Gasteiger partial charge < -0.3 is 11.1 Å². The van der Waals surface area contributed by atoms with Gasteiger partial charge in [-0.2, -0.15) is 0 Å². The van der Waals surface area contributed by atoms with Gasteiger partial charge in [0.15, 0.2) is 0 Å². The number of pyridine rings is 1. The minimum atomic E-state index is -0.123. The molecule has 0 unspecified atom stereocenters. The van der Waals surface area contributed by atoms with Crippen molar-refractivity contribution in [2.75, 3.05) is 12.3 Å². The van der Waals surface area contributed by atoms with Crippen LogP contribution in [0.2, 0.25) is 0 Å². The molecule has 0 spiro atoms. The van der Waals surface area contributed by atoms with Crippen LogP contribution in [0.15, 0.2) is 18.5 Å². The molecule has 1 aromatic rings. The van der Waals surface area contributed by atoms with Gasteiger partial charge in [-0.3, -0.25) is 9.78 Å². The number of rotatable bonds is 4. The van der Waals surface area contributed by atoms with Crippen LogP contribution in [-0.2, 0) is 0 Å². The van der Waals surface area contributed by atoms with Gasteiger partial charge in [0, 0.05) is 24.6 Å². The predicted molar refractivity (Wildman–Crippen MR) is 74.7 cm³/mol. The number of nitrogen functional groups attached to an aromatic ring is 1. The number of anilines is 1. The van der Waals surface area contributed by atoms with Crippen LogP contribution >= 0.6 is 12.4 Å². The van der Waals surface area contributed by atoms with E-state index in [1.54, 1.807) is 12.3 Å². The van der Waals surface area contributed by atoms with E-state index in [9.17, 15) is 4.79 Å². The molecule has 1 amide bonds. The molecule has 18 heavy (non-hydrogen) atoms. The topological polar surface area (TPSA) is 68.0 Å². The second-order valence-electron chi connectivity index (χ2n) is 5.16. The minimum Gasteiger partial charge on any atom is -0.398 e. The minimum absolute atomic E-state index is 0. The van der Waals surface area contributed by atoms with Crippen molar-refractivity contribution in [2.24, 2.45) is 11.3 Å². The van der Waals surface area contributed by atoms with Crippen molar-refractivity contribution in [3.05, 3.63) is 24.0 Å².